The predicted octanol–water partition coefficient (Wildman–Crippen LogP) is 3.53. The first kappa shape index (κ1) is 21.9. The van der Waals surface area contributed by atoms with E-state index in [1.807, 2.05) is 0 Å². The SMILES string of the molecule is O=C(Cn1nnc(-c2cccc(C(F)(F)F)c2)n1)N/N=C/c1ccc(C(F)(F)F)cc1. The molecule has 162 valence electrons. The molecule has 31 heavy (non-hydrogen) atoms. The zero-order chi connectivity index (χ0) is 22.6. The van der Waals surface area contributed by atoms with E-state index in [9.17, 15) is 31.1 Å². The number of hydrazone groups is 1. The van der Waals surface area contributed by atoms with Gasteiger partial charge in [0.25, 0.3) is 5.91 Å². The van der Waals surface area contributed by atoms with Crippen molar-refractivity contribution >= 4 is 12.1 Å². The monoisotopic (exact) mass is 442 g/mol. The number of carbonyl (C=O) groups excluding carboxylic acids is 1. The summed E-state index contributed by atoms with van der Waals surface area (Å²) in [4.78, 5) is 12.7. The topological polar surface area (TPSA) is 85.1 Å². The van der Waals surface area contributed by atoms with E-state index in [-0.39, 0.29) is 11.4 Å². The summed E-state index contributed by atoms with van der Waals surface area (Å²) in [5, 5.41) is 14.7. The van der Waals surface area contributed by atoms with Gasteiger partial charge in [0.15, 0.2) is 0 Å². The zero-order valence-electron chi connectivity index (χ0n) is 15.3. The van der Waals surface area contributed by atoms with Gasteiger partial charge in [0.05, 0.1) is 17.3 Å². The maximum absolute atomic E-state index is 12.8. The Morgan fingerprint density at radius 3 is 2.32 bits per heavy atom. The van der Waals surface area contributed by atoms with Crippen LogP contribution in [0.5, 0.6) is 0 Å². The fraction of sp³-hybridized carbons (Fsp3) is 0.167. The van der Waals surface area contributed by atoms with Crippen molar-refractivity contribution in [3.05, 3.63) is 65.2 Å². The Bertz CT molecular complexity index is 1090. The normalized spacial score (nSPS) is 12.3. The van der Waals surface area contributed by atoms with Gasteiger partial charge in [-0.15, -0.1) is 10.2 Å². The molecule has 0 aliphatic carbocycles. The summed E-state index contributed by atoms with van der Waals surface area (Å²) in [5.41, 5.74) is 0.828. The molecule has 7 nitrogen and oxygen atoms in total. The largest absolute Gasteiger partial charge is 0.416 e. The second kappa shape index (κ2) is 8.53. The van der Waals surface area contributed by atoms with Crippen molar-refractivity contribution in [2.45, 2.75) is 18.9 Å². The average molecular weight is 442 g/mol. The lowest BCUT2D eigenvalue weighted by atomic mass is 10.1. The van der Waals surface area contributed by atoms with Crippen molar-refractivity contribution in [3.8, 4) is 11.4 Å². The molecule has 1 heterocycles. The lowest BCUT2D eigenvalue weighted by Crippen LogP contribution is -2.24. The van der Waals surface area contributed by atoms with Gasteiger partial charge in [-0.3, -0.25) is 4.79 Å². The number of aromatic nitrogens is 4. The molecule has 0 aliphatic rings. The molecular weight excluding hydrogens is 430 g/mol. The van der Waals surface area contributed by atoms with E-state index in [4.69, 9.17) is 0 Å². The van der Waals surface area contributed by atoms with Crippen molar-refractivity contribution < 1.29 is 31.1 Å². The number of halogens is 6. The summed E-state index contributed by atoms with van der Waals surface area (Å²) in [6.07, 6.45) is -7.85. The lowest BCUT2D eigenvalue weighted by Gasteiger charge is -2.06. The highest BCUT2D eigenvalue weighted by Crippen LogP contribution is 2.31. The van der Waals surface area contributed by atoms with E-state index < -0.39 is 35.9 Å². The molecule has 3 aromatic rings. The highest BCUT2D eigenvalue weighted by molar-refractivity contribution is 5.82. The number of hydrogen-bond acceptors (Lipinski definition) is 5. The molecule has 0 aliphatic heterocycles. The summed E-state index contributed by atoms with van der Waals surface area (Å²) < 4.78 is 75.9. The lowest BCUT2D eigenvalue weighted by molar-refractivity contribution is -0.138. The van der Waals surface area contributed by atoms with Crippen LogP contribution in [0.2, 0.25) is 0 Å². The van der Waals surface area contributed by atoms with Crippen molar-refractivity contribution in [3.63, 3.8) is 0 Å². The number of tetrazole rings is 1. The van der Waals surface area contributed by atoms with Crippen LogP contribution in [0.15, 0.2) is 53.6 Å². The molecule has 0 fully saturated rings. The summed E-state index contributed by atoms with van der Waals surface area (Å²) >= 11 is 0. The molecule has 1 N–H and O–H groups in total. The average Bonchev–Trinajstić information content (AvgIpc) is 3.15. The van der Waals surface area contributed by atoms with Gasteiger partial charge in [0, 0.05) is 5.56 Å². The number of alkyl halides is 6. The third-order valence-electron chi connectivity index (χ3n) is 3.83. The molecule has 1 amide bonds. The highest BCUT2D eigenvalue weighted by Gasteiger charge is 2.31. The summed E-state index contributed by atoms with van der Waals surface area (Å²) in [6.45, 7) is -0.434. The van der Waals surface area contributed by atoms with Gasteiger partial charge in [-0.2, -0.15) is 36.2 Å². The number of rotatable bonds is 5. The van der Waals surface area contributed by atoms with Crippen LogP contribution in [0.25, 0.3) is 11.4 Å². The quantitative estimate of drug-likeness (QED) is 0.372. The summed E-state index contributed by atoms with van der Waals surface area (Å²) in [6, 6.07) is 8.42. The number of nitrogens with zero attached hydrogens (tertiary/aromatic N) is 5. The second-order valence-corrected chi connectivity index (χ2v) is 6.13. The van der Waals surface area contributed by atoms with Crippen molar-refractivity contribution in [2.75, 3.05) is 0 Å². The molecule has 13 heteroatoms. The van der Waals surface area contributed by atoms with Crippen LogP contribution in [0.1, 0.15) is 16.7 Å². The first-order valence-corrected chi connectivity index (χ1v) is 8.47. The number of carbonyl (C=O) groups is 1. The second-order valence-electron chi connectivity index (χ2n) is 6.13. The van der Waals surface area contributed by atoms with Crippen LogP contribution in [0.4, 0.5) is 26.3 Å². The molecule has 0 saturated heterocycles. The number of benzene rings is 2. The molecule has 0 spiro atoms. The highest BCUT2D eigenvalue weighted by atomic mass is 19.4. The van der Waals surface area contributed by atoms with Gasteiger partial charge >= 0.3 is 12.4 Å². The van der Waals surface area contributed by atoms with E-state index in [1.165, 1.54) is 24.3 Å². The van der Waals surface area contributed by atoms with Crippen molar-refractivity contribution in [1.82, 2.24) is 25.6 Å². The summed E-state index contributed by atoms with van der Waals surface area (Å²) in [5.74, 6) is -0.789. The van der Waals surface area contributed by atoms with E-state index >= 15 is 0 Å². The Morgan fingerprint density at radius 1 is 1.00 bits per heavy atom. The molecule has 0 bridgehead atoms. The minimum absolute atomic E-state index is 0.0711. The third-order valence-corrected chi connectivity index (χ3v) is 3.83. The Labute approximate surface area is 170 Å². The van der Waals surface area contributed by atoms with Gasteiger partial charge in [0.1, 0.15) is 6.54 Å². The molecule has 1 aromatic heterocycles. The Morgan fingerprint density at radius 2 is 1.68 bits per heavy atom. The van der Waals surface area contributed by atoms with Crippen molar-refractivity contribution in [2.24, 2.45) is 5.10 Å². The molecular formula is C18H12F6N6O. The van der Waals surface area contributed by atoms with E-state index in [2.05, 4.69) is 25.9 Å². The standard InChI is InChI=1S/C18H12F6N6O/c19-17(20,21)13-6-4-11(5-7-13)9-25-26-15(31)10-30-28-16(27-29-30)12-2-1-3-14(8-12)18(22,23)24/h1-9H,10H2,(H,26,31)/b25-9+. The van der Waals surface area contributed by atoms with Gasteiger partial charge < -0.3 is 0 Å². The zero-order valence-corrected chi connectivity index (χ0v) is 15.3. The van der Waals surface area contributed by atoms with Crippen LogP contribution >= 0.6 is 0 Å². The van der Waals surface area contributed by atoms with E-state index in [1.54, 1.807) is 0 Å². The van der Waals surface area contributed by atoms with E-state index in [0.29, 0.717) is 5.56 Å². The Kier molecular flexibility index (Phi) is 6.04. The smallest absolute Gasteiger partial charge is 0.271 e. The van der Waals surface area contributed by atoms with Gasteiger partial charge in [-0.25, -0.2) is 5.43 Å². The first-order chi connectivity index (χ1) is 14.5. The van der Waals surface area contributed by atoms with Crippen LogP contribution in [0.3, 0.4) is 0 Å². The van der Waals surface area contributed by atoms with Gasteiger partial charge in [0.2, 0.25) is 5.82 Å². The van der Waals surface area contributed by atoms with Crippen LogP contribution < -0.4 is 5.43 Å². The number of hydrogen-bond donors (Lipinski definition) is 1. The van der Waals surface area contributed by atoms with Crippen LogP contribution in [-0.2, 0) is 23.7 Å². The Hall–Kier alpha value is -3.77. The number of amides is 1. The van der Waals surface area contributed by atoms with Crippen LogP contribution in [-0.4, -0.2) is 32.3 Å². The molecule has 0 atom stereocenters. The fourth-order valence-electron chi connectivity index (χ4n) is 2.36. The minimum atomic E-state index is -4.53. The maximum atomic E-state index is 12.8. The number of nitrogens with one attached hydrogen (secondary N) is 1. The minimum Gasteiger partial charge on any atom is -0.271 e. The molecule has 0 saturated carbocycles. The van der Waals surface area contributed by atoms with Gasteiger partial charge in [-0.1, -0.05) is 24.3 Å². The molecule has 0 radical (unpaired) electrons. The molecule has 0 unspecified atom stereocenters. The molecule has 2 aromatic carbocycles. The van der Waals surface area contributed by atoms with Crippen molar-refractivity contribution in [1.29, 1.82) is 0 Å². The predicted molar refractivity (Wildman–Crippen MR) is 95.4 cm³/mol. The first-order valence-electron chi connectivity index (χ1n) is 8.47. The third kappa shape index (κ3) is 5.87. The van der Waals surface area contributed by atoms with Crippen LogP contribution in [0, 0.1) is 0 Å². The Balaban J connectivity index is 1.58. The fourth-order valence-corrected chi connectivity index (χ4v) is 2.36. The maximum Gasteiger partial charge on any atom is 0.416 e. The van der Waals surface area contributed by atoms with Gasteiger partial charge in [-0.05, 0) is 35.0 Å². The molecule has 3 rings (SSSR count). The van der Waals surface area contributed by atoms with E-state index in [0.717, 1.165) is 35.3 Å². The summed E-state index contributed by atoms with van der Waals surface area (Å²) in [7, 11) is 0.